The first-order valence-electron chi connectivity index (χ1n) is 5.52. The quantitative estimate of drug-likeness (QED) is 0.899. The average Bonchev–Trinajstić information content (AvgIpc) is 2.81. The summed E-state index contributed by atoms with van der Waals surface area (Å²) in [6.07, 6.45) is 0. The highest BCUT2D eigenvalue weighted by molar-refractivity contribution is 9.10. The van der Waals surface area contributed by atoms with Crippen LogP contribution in [0.2, 0.25) is 0 Å². The van der Waals surface area contributed by atoms with Crippen LogP contribution in [0.5, 0.6) is 11.5 Å². The van der Waals surface area contributed by atoms with E-state index in [1.807, 2.05) is 12.1 Å². The Morgan fingerprint density at radius 3 is 2.68 bits per heavy atom. The molecule has 2 rings (SSSR count). The van der Waals surface area contributed by atoms with Gasteiger partial charge in [-0.1, -0.05) is 5.10 Å². The Morgan fingerprint density at radius 2 is 2.11 bits per heavy atom. The fourth-order valence-corrected chi connectivity index (χ4v) is 2.29. The van der Waals surface area contributed by atoms with Gasteiger partial charge in [-0.05, 0) is 44.1 Å². The third-order valence-corrected chi connectivity index (χ3v) is 3.15. The van der Waals surface area contributed by atoms with Crippen molar-refractivity contribution < 1.29 is 9.47 Å². The molecule has 8 heteroatoms. The van der Waals surface area contributed by atoms with Crippen molar-refractivity contribution in [1.29, 1.82) is 0 Å². The molecule has 0 aliphatic carbocycles. The molecule has 0 spiro atoms. The number of nitrogens with one attached hydrogen (secondary N) is 1. The molecule has 2 aromatic rings. The molecule has 1 heterocycles. The summed E-state index contributed by atoms with van der Waals surface area (Å²) in [5.41, 5.74) is 1.02. The van der Waals surface area contributed by atoms with Crippen LogP contribution in [0.4, 0.5) is 5.95 Å². The second-order valence-electron chi connectivity index (χ2n) is 3.79. The van der Waals surface area contributed by atoms with Crippen LogP contribution in [0.25, 0.3) is 0 Å². The van der Waals surface area contributed by atoms with Gasteiger partial charge < -0.3 is 14.8 Å². The standard InChI is InChI=1S/C11H14BrN5O2/c1-17-11(14-15-16-17)13-6-7-4-8(12)10(19-3)9(5-7)18-2/h4-5H,6H2,1-3H3,(H,13,14,16). The number of methoxy groups -OCH3 is 2. The molecule has 0 radical (unpaired) electrons. The maximum atomic E-state index is 5.29. The Labute approximate surface area is 119 Å². The van der Waals surface area contributed by atoms with E-state index < -0.39 is 0 Å². The normalized spacial score (nSPS) is 10.3. The van der Waals surface area contributed by atoms with Gasteiger partial charge in [0.05, 0.1) is 18.7 Å². The number of nitrogens with zero attached hydrogens (tertiary/aromatic N) is 4. The van der Waals surface area contributed by atoms with Gasteiger partial charge in [-0.2, -0.15) is 0 Å². The van der Waals surface area contributed by atoms with Crippen molar-refractivity contribution >= 4 is 21.9 Å². The molecule has 0 bridgehead atoms. The summed E-state index contributed by atoms with van der Waals surface area (Å²) >= 11 is 3.45. The van der Waals surface area contributed by atoms with Crippen LogP contribution >= 0.6 is 15.9 Å². The Morgan fingerprint density at radius 1 is 1.32 bits per heavy atom. The van der Waals surface area contributed by atoms with Crippen LogP contribution < -0.4 is 14.8 Å². The zero-order valence-electron chi connectivity index (χ0n) is 10.8. The monoisotopic (exact) mass is 327 g/mol. The summed E-state index contributed by atoms with van der Waals surface area (Å²) in [6, 6.07) is 3.86. The SMILES string of the molecule is COc1cc(CNc2nnnn2C)cc(Br)c1OC. The second kappa shape index (κ2) is 5.87. The molecule has 1 aromatic carbocycles. The Hall–Kier alpha value is -1.83. The van der Waals surface area contributed by atoms with Gasteiger partial charge in [-0.25, -0.2) is 4.68 Å². The van der Waals surface area contributed by atoms with E-state index in [-0.39, 0.29) is 0 Å². The Kier molecular flexibility index (Phi) is 4.20. The summed E-state index contributed by atoms with van der Waals surface area (Å²) in [4.78, 5) is 0. The highest BCUT2D eigenvalue weighted by Crippen LogP contribution is 2.36. The molecule has 19 heavy (non-hydrogen) atoms. The van der Waals surface area contributed by atoms with Crippen molar-refractivity contribution in [3.63, 3.8) is 0 Å². The molecule has 0 aliphatic heterocycles. The first-order valence-corrected chi connectivity index (χ1v) is 6.31. The van der Waals surface area contributed by atoms with Crippen molar-refractivity contribution in [3.05, 3.63) is 22.2 Å². The summed E-state index contributed by atoms with van der Waals surface area (Å²) in [5, 5.41) is 14.3. The minimum absolute atomic E-state index is 0.577. The molecule has 0 amide bonds. The van der Waals surface area contributed by atoms with Crippen LogP contribution in [0.15, 0.2) is 16.6 Å². The van der Waals surface area contributed by atoms with Gasteiger partial charge in [0.15, 0.2) is 11.5 Å². The number of hydrogen-bond donors (Lipinski definition) is 1. The fourth-order valence-electron chi connectivity index (χ4n) is 1.63. The molecular weight excluding hydrogens is 314 g/mol. The van der Waals surface area contributed by atoms with E-state index in [0.717, 1.165) is 10.0 Å². The maximum Gasteiger partial charge on any atom is 0.242 e. The van der Waals surface area contributed by atoms with Crippen molar-refractivity contribution in [2.45, 2.75) is 6.54 Å². The smallest absolute Gasteiger partial charge is 0.242 e. The largest absolute Gasteiger partial charge is 0.493 e. The van der Waals surface area contributed by atoms with Gasteiger partial charge in [0, 0.05) is 13.6 Å². The lowest BCUT2D eigenvalue weighted by atomic mass is 10.2. The molecule has 1 aromatic heterocycles. The lowest BCUT2D eigenvalue weighted by molar-refractivity contribution is 0.352. The molecule has 0 aliphatic rings. The molecule has 102 valence electrons. The van der Waals surface area contributed by atoms with E-state index >= 15 is 0 Å². The van der Waals surface area contributed by atoms with Gasteiger partial charge >= 0.3 is 0 Å². The van der Waals surface area contributed by atoms with E-state index in [1.54, 1.807) is 25.9 Å². The van der Waals surface area contributed by atoms with Crippen molar-refractivity contribution in [2.24, 2.45) is 7.05 Å². The maximum absolute atomic E-state index is 5.29. The lowest BCUT2D eigenvalue weighted by Gasteiger charge is -2.12. The zero-order valence-corrected chi connectivity index (χ0v) is 12.4. The predicted octanol–water partition coefficient (Wildman–Crippen LogP) is 1.60. The molecule has 0 saturated heterocycles. The number of aryl methyl sites for hydroxylation is 1. The number of anilines is 1. The van der Waals surface area contributed by atoms with Gasteiger partial charge in [0.25, 0.3) is 0 Å². The van der Waals surface area contributed by atoms with Crippen molar-refractivity contribution in [3.8, 4) is 11.5 Å². The number of benzene rings is 1. The third kappa shape index (κ3) is 2.95. The minimum Gasteiger partial charge on any atom is -0.493 e. The number of rotatable bonds is 5. The highest BCUT2D eigenvalue weighted by atomic mass is 79.9. The minimum atomic E-state index is 0.577. The molecule has 0 atom stereocenters. The van der Waals surface area contributed by atoms with E-state index in [4.69, 9.17) is 9.47 Å². The Balaban J connectivity index is 2.17. The topological polar surface area (TPSA) is 74.1 Å². The third-order valence-electron chi connectivity index (χ3n) is 2.56. The fraction of sp³-hybridized carbons (Fsp3) is 0.364. The number of ether oxygens (including phenoxy) is 2. The van der Waals surface area contributed by atoms with E-state index in [0.29, 0.717) is 24.0 Å². The zero-order chi connectivity index (χ0) is 13.8. The van der Waals surface area contributed by atoms with Crippen LogP contribution in [-0.4, -0.2) is 34.4 Å². The second-order valence-corrected chi connectivity index (χ2v) is 4.65. The molecule has 7 nitrogen and oxygen atoms in total. The predicted molar refractivity (Wildman–Crippen MR) is 73.4 cm³/mol. The van der Waals surface area contributed by atoms with Gasteiger partial charge in [0.2, 0.25) is 5.95 Å². The van der Waals surface area contributed by atoms with Gasteiger partial charge in [-0.3, -0.25) is 0 Å². The summed E-state index contributed by atoms with van der Waals surface area (Å²) in [5.74, 6) is 1.95. The summed E-state index contributed by atoms with van der Waals surface area (Å²) in [7, 11) is 4.98. The summed E-state index contributed by atoms with van der Waals surface area (Å²) in [6.45, 7) is 0.577. The Bertz CT molecular complexity index is 572. The van der Waals surface area contributed by atoms with Crippen LogP contribution in [-0.2, 0) is 13.6 Å². The van der Waals surface area contributed by atoms with Crippen LogP contribution in [0.1, 0.15) is 5.56 Å². The van der Waals surface area contributed by atoms with E-state index in [1.165, 1.54) is 0 Å². The van der Waals surface area contributed by atoms with Crippen molar-refractivity contribution in [2.75, 3.05) is 19.5 Å². The van der Waals surface area contributed by atoms with Crippen LogP contribution in [0, 0.1) is 0 Å². The van der Waals surface area contributed by atoms with Gasteiger partial charge in [-0.15, -0.1) is 0 Å². The van der Waals surface area contributed by atoms with Gasteiger partial charge in [0.1, 0.15) is 0 Å². The number of tetrazole rings is 1. The number of aromatic nitrogens is 4. The average molecular weight is 328 g/mol. The molecule has 0 saturated carbocycles. The number of halogens is 1. The molecule has 1 N–H and O–H groups in total. The number of hydrogen-bond acceptors (Lipinski definition) is 6. The highest BCUT2D eigenvalue weighted by Gasteiger charge is 2.11. The first kappa shape index (κ1) is 13.6. The van der Waals surface area contributed by atoms with E-state index in [2.05, 4.69) is 36.8 Å². The molecular formula is C11H14BrN5O2. The first-order chi connectivity index (χ1) is 9.15. The van der Waals surface area contributed by atoms with E-state index in [9.17, 15) is 0 Å². The molecule has 0 unspecified atom stereocenters. The lowest BCUT2D eigenvalue weighted by Crippen LogP contribution is -2.06. The molecule has 0 fully saturated rings. The van der Waals surface area contributed by atoms with Crippen LogP contribution in [0.3, 0.4) is 0 Å². The van der Waals surface area contributed by atoms with Crippen molar-refractivity contribution in [1.82, 2.24) is 20.2 Å². The summed E-state index contributed by atoms with van der Waals surface area (Å²) < 4.78 is 13.0.